The smallest absolute Gasteiger partial charge is 0.0755 e. The van der Waals surface area contributed by atoms with Gasteiger partial charge in [0.2, 0.25) is 0 Å². The van der Waals surface area contributed by atoms with Gasteiger partial charge in [-0.2, -0.15) is 0 Å². The summed E-state index contributed by atoms with van der Waals surface area (Å²) in [6, 6.07) is 0. The molecule has 0 heterocycles. The third-order valence-electron chi connectivity index (χ3n) is 8.58. The summed E-state index contributed by atoms with van der Waals surface area (Å²) in [6.07, 6.45) is 12.7. The first-order valence-electron chi connectivity index (χ1n) is 9.96. The number of aliphatic hydroxyl groups excluding tert-OH is 1. The second-order valence-corrected chi connectivity index (χ2v) is 9.08. The summed E-state index contributed by atoms with van der Waals surface area (Å²) in [5.41, 5.74) is 1.91. The molecule has 3 nitrogen and oxygen atoms in total. The Morgan fingerprint density at radius 1 is 1.04 bits per heavy atom. The molecular weight excluding hydrogens is 300 g/mol. The summed E-state index contributed by atoms with van der Waals surface area (Å²) in [6.45, 7) is 2.81. The summed E-state index contributed by atoms with van der Waals surface area (Å²) >= 11 is 0. The lowest BCUT2D eigenvalue weighted by atomic mass is 9.47. The highest BCUT2D eigenvalue weighted by Crippen LogP contribution is 2.65. The predicted octanol–water partition coefficient (Wildman–Crippen LogP) is 3.95. The molecule has 7 atom stereocenters. The van der Waals surface area contributed by atoms with E-state index in [1.807, 2.05) is 14.2 Å². The van der Waals surface area contributed by atoms with Crippen molar-refractivity contribution in [3.8, 4) is 0 Å². The summed E-state index contributed by atoms with van der Waals surface area (Å²) in [5, 5.41) is 10.5. The van der Waals surface area contributed by atoms with E-state index in [1.165, 1.54) is 37.7 Å². The van der Waals surface area contributed by atoms with Gasteiger partial charge in [-0.05, 0) is 74.5 Å². The van der Waals surface area contributed by atoms with Crippen LogP contribution in [0.2, 0.25) is 0 Å². The molecule has 0 aromatic rings. The van der Waals surface area contributed by atoms with Gasteiger partial charge in [-0.1, -0.05) is 18.6 Å². The highest BCUT2D eigenvalue weighted by molar-refractivity contribution is 5.27. The zero-order valence-electron chi connectivity index (χ0n) is 15.6. The molecule has 0 aromatic carbocycles. The molecule has 4 aliphatic rings. The molecule has 0 aliphatic heterocycles. The molecule has 0 saturated heterocycles. The first-order chi connectivity index (χ1) is 11.6. The van der Waals surface area contributed by atoms with Crippen molar-refractivity contribution >= 4 is 0 Å². The average molecular weight is 335 g/mol. The number of rotatable bonds is 3. The molecule has 0 radical (unpaired) electrons. The second kappa shape index (κ2) is 6.10. The molecule has 0 unspecified atom stereocenters. The molecule has 24 heavy (non-hydrogen) atoms. The predicted molar refractivity (Wildman–Crippen MR) is 94.7 cm³/mol. The minimum atomic E-state index is 0.0461. The van der Waals surface area contributed by atoms with Crippen LogP contribution >= 0.6 is 0 Å². The number of aliphatic hydroxyl groups is 1. The highest BCUT2D eigenvalue weighted by atomic mass is 16.5. The van der Waals surface area contributed by atoms with E-state index in [9.17, 15) is 5.11 Å². The van der Waals surface area contributed by atoms with Gasteiger partial charge in [-0.15, -0.1) is 0 Å². The molecule has 0 bridgehead atoms. The molecule has 3 fully saturated rings. The van der Waals surface area contributed by atoms with E-state index in [2.05, 4.69) is 13.0 Å². The van der Waals surface area contributed by atoms with Crippen molar-refractivity contribution in [1.29, 1.82) is 0 Å². The fourth-order valence-corrected chi connectivity index (χ4v) is 7.31. The fourth-order valence-electron chi connectivity index (χ4n) is 7.31. The Bertz CT molecular complexity index is 515. The van der Waals surface area contributed by atoms with Crippen molar-refractivity contribution in [2.45, 2.75) is 70.5 Å². The van der Waals surface area contributed by atoms with Crippen molar-refractivity contribution in [2.75, 3.05) is 20.8 Å². The van der Waals surface area contributed by atoms with Gasteiger partial charge in [0.05, 0.1) is 18.8 Å². The van der Waals surface area contributed by atoms with Crippen LogP contribution in [0.25, 0.3) is 0 Å². The highest BCUT2D eigenvalue weighted by Gasteiger charge is 2.60. The lowest BCUT2D eigenvalue weighted by Crippen LogP contribution is -2.53. The molecule has 3 saturated carbocycles. The summed E-state index contributed by atoms with van der Waals surface area (Å²) in [5.74, 6) is 2.22. The fraction of sp³-hybridized carbons (Fsp3) is 0.905. The third kappa shape index (κ3) is 2.20. The number of hydrogen-bond donors (Lipinski definition) is 1. The van der Waals surface area contributed by atoms with Crippen molar-refractivity contribution in [1.82, 2.24) is 0 Å². The van der Waals surface area contributed by atoms with Crippen LogP contribution in [0.5, 0.6) is 0 Å². The van der Waals surface area contributed by atoms with Gasteiger partial charge in [-0.25, -0.2) is 0 Å². The average Bonchev–Trinajstić information content (AvgIpc) is 2.97. The van der Waals surface area contributed by atoms with Crippen LogP contribution < -0.4 is 0 Å². The van der Waals surface area contributed by atoms with E-state index in [-0.39, 0.29) is 11.5 Å². The molecule has 1 N–H and O–H groups in total. The molecule has 0 aromatic heterocycles. The largest absolute Gasteiger partial charge is 0.395 e. The number of hydrogen-bond acceptors (Lipinski definition) is 3. The Balaban J connectivity index is 1.66. The van der Waals surface area contributed by atoms with Crippen LogP contribution in [0.1, 0.15) is 58.3 Å². The van der Waals surface area contributed by atoms with E-state index in [1.54, 1.807) is 0 Å². The SMILES string of the molecule is CO[C@@H]1C=C2CC[C@@H]3[C@H](CC[C@]4(C)[C@@H](OC)CC[C@@H]34)[C@@]2(CO)CC1. The maximum Gasteiger partial charge on any atom is 0.0755 e. The maximum absolute atomic E-state index is 10.5. The molecule has 3 heteroatoms. The van der Waals surface area contributed by atoms with Crippen LogP contribution in [0.3, 0.4) is 0 Å². The van der Waals surface area contributed by atoms with E-state index in [4.69, 9.17) is 9.47 Å². The first kappa shape index (κ1) is 17.1. The van der Waals surface area contributed by atoms with Crippen LogP contribution in [-0.4, -0.2) is 38.1 Å². The molecule has 0 spiro atoms. The van der Waals surface area contributed by atoms with E-state index < -0.39 is 0 Å². The normalized spacial score (nSPS) is 50.7. The maximum atomic E-state index is 10.5. The minimum absolute atomic E-state index is 0.0461. The summed E-state index contributed by atoms with van der Waals surface area (Å²) in [4.78, 5) is 0. The lowest BCUT2D eigenvalue weighted by Gasteiger charge is -2.59. The van der Waals surface area contributed by atoms with Crippen molar-refractivity contribution in [2.24, 2.45) is 28.6 Å². The van der Waals surface area contributed by atoms with Gasteiger partial charge in [0.15, 0.2) is 0 Å². The van der Waals surface area contributed by atoms with Gasteiger partial charge >= 0.3 is 0 Å². The van der Waals surface area contributed by atoms with E-state index >= 15 is 0 Å². The van der Waals surface area contributed by atoms with Crippen molar-refractivity contribution in [3.63, 3.8) is 0 Å². The van der Waals surface area contributed by atoms with Gasteiger partial charge < -0.3 is 14.6 Å². The van der Waals surface area contributed by atoms with Crippen LogP contribution in [0.4, 0.5) is 0 Å². The second-order valence-electron chi connectivity index (χ2n) is 9.08. The quantitative estimate of drug-likeness (QED) is 0.794. The van der Waals surface area contributed by atoms with Gasteiger partial charge in [0.1, 0.15) is 0 Å². The molecule has 4 aliphatic carbocycles. The number of fused-ring (bicyclic) bond motifs is 5. The van der Waals surface area contributed by atoms with Crippen LogP contribution in [-0.2, 0) is 9.47 Å². The zero-order valence-corrected chi connectivity index (χ0v) is 15.6. The Hall–Kier alpha value is -0.380. The molecule has 0 amide bonds. The van der Waals surface area contributed by atoms with Crippen LogP contribution in [0.15, 0.2) is 11.6 Å². The Kier molecular flexibility index (Phi) is 4.34. The van der Waals surface area contributed by atoms with Crippen molar-refractivity contribution < 1.29 is 14.6 Å². The summed E-state index contributed by atoms with van der Waals surface area (Å²) < 4.78 is 11.5. The minimum Gasteiger partial charge on any atom is -0.395 e. The Labute approximate surface area is 146 Å². The van der Waals surface area contributed by atoms with E-state index in [0.29, 0.717) is 24.0 Å². The van der Waals surface area contributed by atoms with Crippen LogP contribution in [0, 0.1) is 28.6 Å². The molecule has 136 valence electrons. The Morgan fingerprint density at radius 3 is 2.58 bits per heavy atom. The number of methoxy groups -OCH3 is 2. The summed E-state index contributed by atoms with van der Waals surface area (Å²) in [7, 11) is 3.71. The van der Waals surface area contributed by atoms with E-state index in [0.717, 1.165) is 31.1 Å². The van der Waals surface area contributed by atoms with Crippen molar-refractivity contribution in [3.05, 3.63) is 11.6 Å². The number of ether oxygens (including phenoxy) is 2. The third-order valence-corrected chi connectivity index (χ3v) is 8.58. The lowest BCUT2D eigenvalue weighted by molar-refractivity contribution is -0.102. The zero-order chi connectivity index (χ0) is 16.9. The standard InChI is InChI=1S/C21H34O3/c1-20-10-9-18-16(17(20)6-7-19(20)24-3)5-4-14-12-15(23-2)8-11-21(14,18)13-22/h12,15-19,22H,4-11,13H2,1-3H3/t15-,16-,17-,18-,19-,20-,21+/m0/s1. The molecule has 4 rings (SSSR count). The topological polar surface area (TPSA) is 38.7 Å². The van der Waals surface area contributed by atoms with Gasteiger partial charge in [0.25, 0.3) is 0 Å². The molecular formula is C21H34O3. The van der Waals surface area contributed by atoms with Gasteiger partial charge in [-0.3, -0.25) is 0 Å². The van der Waals surface area contributed by atoms with Gasteiger partial charge in [0, 0.05) is 19.6 Å². The first-order valence-corrected chi connectivity index (χ1v) is 9.96. The monoisotopic (exact) mass is 334 g/mol. The Morgan fingerprint density at radius 2 is 1.88 bits per heavy atom.